The van der Waals surface area contributed by atoms with Gasteiger partial charge in [-0.25, -0.2) is 0 Å². The monoisotopic (exact) mass is 503 g/mol. The molecule has 1 aromatic rings. The van der Waals surface area contributed by atoms with Crippen molar-refractivity contribution in [1.29, 1.82) is 0 Å². The normalized spacial score (nSPS) is 15.3. The second-order valence-electron chi connectivity index (χ2n) is 7.07. The highest BCUT2D eigenvalue weighted by atomic mass is 127. The minimum absolute atomic E-state index is 0. The van der Waals surface area contributed by atoms with E-state index in [0.717, 1.165) is 84.4 Å². The van der Waals surface area contributed by atoms with E-state index in [1.165, 1.54) is 5.56 Å². The van der Waals surface area contributed by atoms with Gasteiger partial charge in [-0.3, -0.25) is 9.89 Å². The second kappa shape index (κ2) is 16.0. The summed E-state index contributed by atoms with van der Waals surface area (Å²) in [6, 6.07) is 10.6. The summed E-state index contributed by atoms with van der Waals surface area (Å²) < 4.78 is 5.39. The van der Waals surface area contributed by atoms with Gasteiger partial charge in [-0.15, -0.1) is 24.0 Å². The van der Waals surface area contributed by atoms with Gasteiger partial charge in [0.05, 0.1) is 13.2 Å². The van der Waals surface area contributed by atoms with Crippen LogP contribution in [0.2, 0.25) is 0 Å². The predicted octanol–water partition coefficient (Wildman–Crippen LogP) is 2.40. The van der Waals surface area contributed by atoms with E-state index in [0.29, 0.717) is 0 Å². The molecule has 2 rings (SSSR count). The zero-order chi connectivity index (χ0) is 19.2. The topological polar surface area (TPSA) is 52.1 Å². The van der Waals surface area contributed by atoms with E-state index >= 15 is 0 Å². The summed E-state index contributed by atoms with van der Waals surface area (Å²) in [6.45, 7) is 11.8. The Morgan fingerprint density at radius 1 is 1.14 bits per heavy atom. The number of guanidine groups is 1. The quantitative estimate of drug-likeness (QED) is 0.210. The molecule has 1 heterocycles. The van der Waals surface area contributed by atoms with Gasteiger partial charge in [0.25, 0.3) is 0 Å². The van der Waals surface area contributed by atoms with Crippen LogP contribution in [0.15, 0.2) is 35.3 Å². The Kier molecular flexibility index (Phi) is 14.3. The van der Waals surface area contributed by atoms with Gasteiger partial charge in [0.2, 0.25) is 0 Å². The summed E-state index contributed by atoms with van der Waals surface area (Å²) in [6.07, 6.45) is 2.19. The Morgan fingerprint density at radius 3 is 2.61 bits per heavy atom. The van der Waals surface area contributed by atoms with Crippen molar-refractivity contribution in [2.75, 3.05) is 66.1 Å². The van der Waals surface area contributed by atoms with Crippen LogP contribution < -0.4 is 10.6 Å². The molecule has 0 radical (unpaired) electrons. The average Bonchev–Trinajstić information content (AvgIpc) is 2.70. The fourth-order valence-corrected chi connectivity index (χ4v) is 3.18. The van der Waals surface area contributed by atoms with Gasteiger partial charge >= 0.3 is 0 Å². The zero-order valence-corrected chi connectivity index (χ0v) is 19.9. The first-order valence-corrected chi connectivity index (χ1v) is 10.3. The highest BCUT2D eigenvalue weighted by Crippen LogP contribution is 2.03. The molecule has 0 amide bonds. The first-order valence-electron chi connectivity index (χ1n) is 10.3. The number of benzene rings is 1. The fraction of sp³-hybridized carbons (Fsp3) is 0.667. The van der Waals surface area contributed by atoms with Crippen molar-refractivity contribution in [3.63, 3.8) is 0 Å². The average molecular weight is 503 g/mol. The van der Waals surface area contributed by atoms with E-state index in [9.17, 15) is 0 Å². The Bertz CT molecular complexity index is 523. The molecule has 1 aromatic carbocycles. The number of nitrogens with zero attached hydrogens (tertiary/aromatic N) is 3. The van der Waals surface area contributed by atoms with Crippen LogP contribution in [0.1, 0.15) is 25.3 Å². The summed E-state index contributed by atoms with van der Waals surface area (Å²) in [5, 5.41) is 6.80. The maximum absolute atomic E-state index is 5.39. The molecule has 0 atom stereocenters. The van der Waals surface area contributed by atoms with Crippen LogP contribution in [0.4, 0.5) is 0 Å². The third kappa shape index (κ3) is 11.2. The van der Waals surface area contributed by atoms with E-state index in [4.69, 9.17) is 9.73 Å². The molecule has 0 spiro atoms. The number of morpholine rings is 1. The van der Waals surface area contributed by atoms with E-state index in [2.05, 4.69) is 64.7 Å². The van der Waals surface area contributed by atoms with Crippen LogP contribution in [-0.2, 0) is 11.3 Å². The van der Waals surface area contributed by atoms with Gasteiger partial charge in [-0.05, 0) is 45.5 Å². The molecule has 1 saturated heterocycles. The number of nitrogens with one attached hydrogen (secondary N) is 2. The number of ether oxygens (including phenoxy) is 1. The Balaban J connectivity index is 0.00000392. The standard InChI is InChI=1S/C21H37N5O.HI/c1-3-22-21(24-12-8-14-26-15-17-27-18-16-26)23-11-7-13-25(2)19-20-9-5-4-6-10-20;/h4-6,9-10H,3,7-8,11-19H2,1-2H3,(H2,22,23,24);1H. The number of hydrogen-bond acceptors (Lipinski definition) is 4. The SMILES string of the molecule is CCNC(=NCCCN(C)Cc1ccccc1)NCCCN1CCOCC1.I. The smallest absolute Gasteiger partial charge is 0.191 e. The number of halogens is 1. The van der Waals surface area contributed by atoms with Gasteiger partial charge in [-0.2, -0.15) is 0 Å². The van der Waals surface area contributed by atoms with Crippen molar-refractivity contribution in [2.45, 2.75) is 26.3 Å². The highest BCUT2D eigenvalue weighted by Gasteiger charge is 2.09. The Hall–Kier alpha value is -0.900. The van der Waals surface area contributed by atoms with Crippen molar-refractivity contribution < 1.29 is 4.74 Å². The van der Waals surface area contributed by atoms with Crippen LogP contribution in [0.25, 0.3) is 0 Å². The summed E-state index contributed by atoms with van der Waals surface area (Å²) in [4.78, 5) is 9.54. The van der Waals surface area contributed by atoms with Crippen molar-refractivity contribution in [3.8, 4) is 0 Å². The molecule has 0 bridgehead atoms. The predicted molar refractivity (Wildman–Crippen MR) is 129 cm³/mol. The molecule has 0 saturated carbocycles. The summed E-state index contributed by atoms with van der Waals surface area (Å²) >= 11 is 0. The molecular formula is C21H38IN5O. The van der Waals surface area contributed by atoms with Crippen LogP contribution in [0, 0.1) is 0 Å². The van der Waals surface area contributed by atoms with Gasteiger partial charge in [-0.1, -0.05) is 30.3 Å². The molecule has 2 N–H and O–H groups in total. The first kappa shape index (κ1) is 25.1. The maximum Gasteiger partial charge on any atom is 0.191 e. The van der Waals surface area contributed by atoms with E-state index in [-0.39, 0.29) is 24.0 Å². The van der Waals surface area contributed by atoms with E-state index < -0.39 is 0 Å². The third-order valence-electron chi connectivity index (χ3n) is 4.65. The van der Waals surface area contributed by atoms with Crippen LogP contribution in [0.3, 0.4) is 0 Å². The highest BCUT2D eigenvalue weighted by molar-refractivity contribution is 14.0. The lowest BCUT2D eigenvalue weighted by atomic mass is 10.2. The summed E-state index contributed by atoms with van der Waals surface area (Å²) in [5.74, 6) is 0.935. The van der Waals surface area contributed by atoms with Gasteiger partial charge in [0.15, 0.2) is 5.96 Å². The van der Waals surface area contributed by atoms with Crippen molar-refractivity contribution in [3.05, 3.63) is 35.9 Å². The number of hydrogen-bond donors (Lipinski definition) is 2. The van der Waals surface area contributed by atoms with Gasteiger partial charge in [0, 0.05) is 39.3 Å². The Labute approximate surface area is 188 Å². The molecule has 1 aliphatic heterocycles. The molecule has 1 aliphatic rings. The van der Waals surface area contributed by atoms with Crippen LogP contribution in [-0.4, -0.2) is 81.8 Å². The minimum atomic E-state index is 0. The second-order valence-corrected chi connectivity index (χ2v) is 7.07. The van der Waals surface area contributed by atoms with E-state index in [1.807, 2.05) is 0 Å². The molecule has 0 aromatic heterocycles. The molecule has 0 aliphatic carbocycles. The van der Waals surface area contributed by atoms with Crippen LogP contribution in [0.5, 0.6) is 0 Å². The third-order valence-corrected chi connectivity index (χ3v) is 4.65. The molecule has 6 nitrogen and oxygen atoms in total. The minimum Gasteiger partial charge on any atom is -0.379 e. The van der Waals surface area contributed by atoms with E-state index in [1.54, 1.807) is 0 Å². The van der Waals surface area contributed by atoms with Crippen LogP contribution >= 0.6 is 24.0 Å². The first-order chi connectivity index (χ1) is 13.3. The molecule has 160 valence electrons. The summed E-state index contributed by atoms with van der Waals surface area (Å²) in [7, 11) is 2.17. The molecule has 7 heteroatoms. The lowest BCUT2D eigenvalue weighted by molar-refractivity contribution is 0.0376. The molecular weight excluding hydrogens is 465 g/mol. The number of aliphatic imine (C=N–C) groups is 1. The zero-order valence-electron chi connectivity index (χ0n) is 17.5. The Morgan fingerprint density at radius 2 is 1.89 bits per heavy atom. The van der Waals surface area contributed by atoms with Gasteiger partial charge in [0.1, 0.15) is 0 Å². The molecule has 1 fully saturated rings. The summed E-state index contributed by atoms with van der Waals surface area (Å²) in [5.41, 5.74) is 1.36. The van der Waals surface area contributed by atoms with Crippen molar-refractivity contribution >= 4 is 29.9 Å². The fourth-order valence-electron chi connectivity index (χ4n) is 3.18. The van der Waals surface area contributed by atoms with Crippen molar-refractivity contribution in [2.24, 2.45) is 4.99 Å². The van der Waals surface area contributed by atoms with Gasteiger partial charge < -0.3 is 20.3 Å². The lowest BCUT2D eigenvalue weighted by Gasteiger charge is -2.26. The van der Waals surface area contributed by atoms with Crippen molar-refractivity contribution in [1.82, 2.24) is 20.4 Å². The maximum atomic E-state index is 5.39. The molecule has 28 heavy (non-hydrogen) atoms. The number of rotatable bonds is 11. The molecule has 0 unspecified atom stereocenters. The largest absolute Gasteiger partial charge is 0.379 e. The lowest BCUT2D eigenvalue weighted by Crippen LogP contribution is -2.40.